The number of hydrogen-bond acceptors (Lipinski definition) is 3. The van der Waals surface area contributed by atoms with Gasteiger partial charge in [-0.1, -0.05) is 12.1 Å². The maximum atomic E-state index is 12.1. The number of ether oxygens (including phenoxy) is 1. The molecule has 1 aromatic carbocycles. The lowest BCUT2D eigenvalue weighted by Crippen LogP contribution is -2.34. The van der Waals surface area contributed by atoms with Gasteiger partial charge < -0.3 is 14.5 Å². The number of alkyl halides is 3. The van der Waals surface area contributed by atoms with Crippen molar-refractivity contribution in [3.63, 3.8) is 0 Å². The first-order valence-corrected chi connectivity index (χ1v) is 6.42. The number of rotatable bonds is 6. The van der Waals surface area contributed by atoms with Crippen molar-refractivity contribution < 1.29 is 22.7 Å². The third-order valence-corrected chi connectivity index (χ3v) is 2.79. The van der Waals surface area contributed by atoms with Crippen molar-refractivity contribution >= 4 is 5.91 Å². The van der Waals surface area contributed by atoms with Gasteiger partial charge in [0.05, 0.1) is 0 Å². The number of nitrogens with zero attached hydrogens (tertiary/aromatic N) is 2. The summed E-state index contributed by atoms with van der Waals surface area (Å²) >= 11 is 0. The third-order valence-electron chi connectivity index (χ3n) is 2.79. The molecule has 0 aliphatic carbocycles. The van der Waals surface area contributed by atoms with Crippen molar-refractivity contribution in [2.24, 2.45) is 0 Å². The van der Waals surface area contributed by atoms with Crippen molar-refractivity contribution in [3.05, 3.63) is 29.8 Å². The van der Waals surface area contributed by atoms with E-state index in [2.05, 4.69) is 4.74 Å². The quantitative estimate of drug-likeness (QED) is 0.809. The number of carbonyl (C=O) groups is 1. The van der Waals surface area contributed by atoms with E-state index >= 15 is 0 Å². The van der Waals surface area contributed by atoms with E-state index in [1.165, 1.54) is 31.2 Å². The molecule has 1 rings (SSSR count). The molecule has 0 heterocycles. The minimum absolute atomic E-state index is 0.0764. The monoisotopic (exact) mass is 304 g/mol. The Hall–Kier alpha value is -1.76. The minimum atomic E-state index is -4.70. The van der Waals surface area contributed by atoms with Crippen LogP contribution in [0.1, 0.15) is 12.5 Å². The van der Waals surface area contributed by atoms with Gasteiger partial charge in [-0.2, -0.15) is 0 Å². The van der Waals surface area contributed by atoms with Crippen LogP contribution in [0.4, 0.5) is 13.2 Å². The summed E-state index contributed by atoms with van der Waals surface area (Å²) in [5.74, 6) is -0.346. The maximum absolute atomic E-state index is 12.1. The zero-order chi connectivity index (χ0) is 16.0. The lowest BCUT2D eigenvalue weighted by Gasteiger charge is -2.23. The van der Waals surface area contributed by atoms with Crippen molar-refractivity contribution in [3.8, 4) is 5.75 Å². The summed E-state index contributed by atoms with van der Waals surface area (Å²) in [6.07, 6.45) is -4.70. The molecule has 0 N–H and O–H groups in total. The first-order chi connectivity index (χ1) is 9.67. The van der Waals surface area contributed by atoms with Gasteiger partial charge >= 0.3 is 6.36 Å². The van der Waals surface area contributed by atoms with Gasteiger partial charge in [0.1, 0.15) is 5.75 Å². The molecule has 0 bridgehead atoms. The third kappa shape index (κ3) is 6.99. The second-order valence-electron chi connectivity index (χ2n) is 4.94. The highest BCUT2D eigenvalue weighted by Gasteiger charge is 2.30. The fraction of sp³-hybridized carbons (Fsp3) is 0.500. The molecule has 0 aliphatic rings. The van der Waals surface area contributed by atoms with E-state index in [1.807, 2.05) is 19.0 Å². The molecule has 0 unspecified atom stereocenters. The van der Waals surface area contributed by atoms with E-state index in [1.54, 1.807) is 4.90 Å². The van der Waals surface area contributed by atoms with Crippen LogP contribution in [0.15, 0.2) is 24.3 Å². The molecule has 0 radical (unpaired) electrons. The topological polar surface area (TPSA) is 32.8 Å². The average Bonchev–Trinajstić information content (AvgIpc) is 2.34. The Bertz CT molecular complexity index is 458. The molecule has 0 saturated heterocycles. The Morgan fingerprint density at radius 2 is 1.71 bits per heavy atom. The highest BCUT2D eigenvalue weighted by atomic mass is 19.4. The maximum Gasteiger partial charge on any atom is 0.573 e. The van der Waals surface area contributed by atoms with Crippen molar-refractivity contribution in [1.29, 1.82) is 0 Å². The van der Waals surface area contributed by atoms with Gasteiger partial charge in [0.2, 0.25) is 5.91 Å². The van der Waals surface area contributed by atoms with E-state index in [0.29, 0.717) is 13.1 Å². The molecule has 1 aromatic rings. The molecule has 0 atom stereocenters. The van der Waals surface area contributed by atoms with Crippen LogP contribution >= 0.6 is 0 Å². The lowest BCUT2D eigenvalue weighted by atomic mass is 10.2. The average molecular weight is 304 g/mol. The Morgan fingerprint density at radius 3 is 2.14 bits per heavy atom. The summed E-state index contributed by atoms with van der Waals surface area (Å²) in [4.78, 5) is 15.1. The molecular formula is C14H19F3N2O2. The number of amides is 1. The van der Waals surface area contributed by atoms with Crippen molar-refractivity contribution in [2.45, 2.75) is 19.8 Å². The van der Waals surface area contributed by atoms with Gasteiger partial charge in [0, 0.05) is 26.6 Å². The van der Waals surface area contributed by atoms with E-state index in [4.69, 9.17) is 0 Å². The normalized spacial score (nSPS) is 11.6. The van der Waals surface area contributed by atoms with Crippen molar-refractivity contribution in [1.82, 2.24) is 9.80 Å². The lowest BCUT2D eigenvalue weighted by molar-refractivity contribution is -0.274. The molecule has 0 saturated carbocycles. The first-order valence-electron chi connectivity index (χ1n) is 6.42. The SMILES string of the molecule is CC(=O)N(CCN(C)C)Cc1ccc(OC(F)(F)F)cc1. The van der Waals surface area contributed by atoms with Crippen LogP contribution in [0.25, 0.3) is 0 Å². The van der Waals surface area contributed by atoms with Gasteiger partial charge in [0.15, 0.2) is 0 Å². The summed E-state index contributed by atoms with van der Waals surface area (Å²) < 4.78 is 40.0. The van der Waals surface area contributed by atoms with E-state index in [-0.39, 0.29) is 11.7 Å². The van der Waals surface area contributed by atoms with Gasteiger partial charge in [-0.25, -0.2) is 0 Å². The number of likely N-dealkylation sites (N-methyl/N-ethyl adjacent to an activating group) is 1. The van der Waals surface area contributed by atoms with E-state index < -0.39 is 6.36 Å². The second kappa shape index (κ2) is 7.31. The summed E-state index contributed by atoms with van der Waals surface area (Å²) in [6, 6.07) is 5.53. The van der Waals surface area contributed by atoms with Crippen LogP contribution in [0.5, 0.6) is 5.75 Å². The smallest absolute Gasteiger partial charge is 0.406 e. The van der Waals surface area contributed by atoms with Crippen molar-refractivity contribution in [2.75, 3.05) is 27.2 Å². The predicted molar refractivity (Wildman–Crippen MR) is 72.8 cm³/mol. The standard InChI is InChI=1S/C14H19F3N2O2/c1-11(20)19(9-8-18(2)3)10-12-4-6-13(7-5-12)21-14(15,16)17/h4-7H,8-10H2,1-3H3. The molecule has 7 heteroatoms. The number of halogens is 3. The highest BCUT2D eigenvalue weighted by Crippen LogP contribution is 2.23. The molecule has 118 valence electrons. The molecule has 0 aromatic heterocycles. The zero-order valence-corrected chi connectivity index (χ0v) is 12.3. The largest absolute Gasteiger partial charge is 0.573 e. The van der Waals surface area contributed by atoms with Crippen LogP contribution in [0.2, 0.25) is 0 Å². The van der Waals surface area contributed by atoms with Crippen LogP contribution < -0.4 is 4.74 Å². The molecule has 0 aliphatic heterocycles. The molecule has 4 nitrogen and oxygen atoms in total. The Morgan fingerprint density at radius 1 is 1.14 bits per heavy atom. The van der Waals surface area contributed by atoms with Gasteiger partial charge in [-0.3, -0.25) is 4.79 Å². The summed E-state index contributed by atoms with van der Waals surface area (Å²) in [7, 11) is 3.81. The van der Waals surface area contributed by atoms with E-state index in [0.717, 1.165) is 12.1 Å². The molecule has 21 heavy (non-hydrogen) atoms. The molecule has 0 fully saturated rings. The zero-order valence-electron chi connectivity index (χ0n) is 12.3. The number of carbonyl (C=O) groups excluding carboxylic acids is 1. The number of benzene rings is 1. The highest BCUT2D eigenvalue weighted by molar-refractivity contribution is 5.73. The van der Waals surface area contributed by atoms with Crippen LogP contribution in [0, 0.1) is 0 Å². The van der Waals surface area contributed by atoms with Crippen LogP contribution in [0.3, 0.4) is 0 Å². The van der Waals surface area contributed by atoms with Gasteiger partial charge in [-0.15, -0.1) is 13.2 Å². The fourth-order valence-electron chi connectivity index (χ4n) is 1.69. The minimum Gasteiger partial charge on any atom is -0.406 e. The number of hydrogen-bond donors (Lipinski definition) is 0. The molecular weight excluding hydrogens is 285 g/mol. The van der Waals surface area contributed by atoms with Crippen LogP contribution in [-0.2, 0) is 11.3 Å². The second-order valence-corrected chi connectivity index (χ2v) is 4.94. The predicted octanol–water partition coefficient (Wildman–Crippen LogP) is 2.50. The Kier molecular flexibility index (Phi) is 6.02. The fourth-order valence-corrected chi connectivity index (χ4v) is 1.69. The molecule has 0 spiro atoms. The first kappa shape index (κ1) is 17.3. The van der Waals surface area contributed by atoms with Gasteiger partial charge in [0.25, 0.3) is 0 Å². The van der Waals surface area contributed by atoms with Crippen LogP contribution in [-0.4, -0.2) is 49.3 Å². The Balaban J connectivity index is 2.65. The van der Waals surface area contributed by atoms with E-state index in [9.17, 15) is 18.0 Å². The van der Waals surface area contributed by atoms with Gasteiger partial charge in [-0.05, 0) is 31.8 Å². The summed E-state index contributed by atoms with van der Waals surface area (Å²) in [5, 5.41) is 0. The summed E-state index contributed by atoms with van der Waals surface area (Å²) in [5.41, 5.74) is 0.749. The summed E-state index contributed by atoms with van der Waals surface area (Å²) in [6.45, 7) is 3.10. The molecule has 1 amide bonds. The Labute approximate surface area is 122 Å².